The van der Waals surface area contributed by atoms with Gasteiger partial charge in [-0.05, 0) is 18.8 Å². The van der Waals surface area contributed by atoms with Gasteiger partial charge in [-0.25, -0.2) is 0 Å². The van der Waals surface area contributed by atoms with Crippen molar-refractivity contribution in [3.05, 3.63) is 0 Å². The van der Waals surface area contributed by atoms with E-state index >= 15 is 0 Å². The lowest BCUT2D eigenvalue weighted by Gasteiger charge is -1.99. The van der Waals surface area contributed by atoms with Crippen LogP contribution in [0.5, 0.6) is 0 Å². The van der Waals surface area contributed by atoms with E-state index in [9.17, 15) is 0 Å². The molecule has 0 radical (unpaired) electrons. The monoisotopic (exact) mass is 194 g/mol. The minimum Gasteiger partial charge on any atom is -0.101 e. The fourth-order valence-corrected chi connectivity index (χ4v) is 1.99. The first-order chi connectivity index (χ1) is 5.17. The number of hydrogen-bond acceptors (Lipinski definition) is 0. The van der Waals surface area contributed by atoms with Crippen LogP contribution in [0.1, 0.15) is 45.4 Å². The van der Waals surface area contributed by atoms with Crippen LogP contribution >= 0.6 is 23.2 Å². The molecule has 1 atom stereocenters. The molecule has 1 saturated carbocycles. The van der Waals surface area contributed by atoms with Crippen LogP contribution in [0, 0.1) is 5.92 Å². The molecule has 0 amide bonds. The molecule has 11 heavy (non-hydrogen) atoms. The molecule has 0 aromatic heterocycles. The molecule has 0 saturated heterocycles. The zero-order valence-corrected chi connectivity index (χ0v) is 8.59. The van der Waals surface area contributed by atoms with Gasteiger partial charge in [-0.3, -0.25) is 0 Å². The number of hydrogen-bond donors (Lipinski definition) is 0. The predicted molar refractivity (Wildman–Crippen MR) is 51.3 cm³/mol. The van der Waals surface area contributed by atoms with Crippen LogP contribution in [0.25, 0.3) is 0 Å². The number of alkyl halides is 2. The average Bonchev–Trinajstić information content (AvgIpc) is 2.52. The van der Waals surface area contributed by atoms with Crippen LogP contribution in [0.15, 0.2) is 0 Å². The van der Waals surface area contributed by atoms with E-state index in [4.69, 9.17) is 23.2 Å². The van der Waals surface area contributed by atoms with Crippen molar-refractivity contribution in [1.82, 2.24) is 0 Å². The van der Waals surface area contributed by atoms with Crippen LogP contribution in [0.3, 0.4) is 0 Å². The van der Waals surface area contributed by atoms with Gasteiger partial charge < -0.3 is 0 Å². The van der Waals surface area contributed by atoms with Crippen molar-refractivity contribution in [2.45, 2.75) is 49.8 Å². The summed E-state index contributed by atoms with van der Waals surface area (Å²) in [6, 6.07) is 0. The molecule has 1 fully saturated rings. The van der Waals surface area contributed by atoms with Gasteiger partial charge >= 0.3 is 0 Å². The van der Waals surface area contributed by atoms with Gasteiger partial charge in [0.1, 0.15) is 4.33 Å². The molecule has 0 N–H and O–H groups in total. The number of unbranched alkanes of at least 4 members (excludes halogenated alkanes) is 3. The molecule has 2 heteroatoms. The van der Waals surface area contributed by atoms with Gasteiger partial charge in [0.25, 0.3) is 0 Å². The molecule has 1 unspecified atom stereocenters. The lowest BCUT2D eigenvalue weighted by molar-refractivity contribution is 0.594. The predicted octanol–water partition coefficient (Wildman–Crippen LogP) is 4.15. The molecule has 0 aliphatic heterocycles. The number of rotatable bonds is 5. The molecule has 0 spiro atoms. The first kappa shape index (κ1) is 9.67. The van der Waals surface area contributed by atoms with Gasteiger partial charge in [0.15, 0.2) is 0 Å². The Morgan fingerprint density at radius 1 is 1.27 bits per heavy atom. The van der Waals surface area contributed by atoms with Gasteiger partial charge in [-0.15, -0.1) is 23.2 Å². The summed E-state index contributed by atoms with van der Waals surface area (Å²) in [4.78, 5) is 0. The van der Waals surface area contributed by atoms with Crippen LogP contribution in [0.2, 0.25) is 0 Å². The summed E-state index contributed by atoms with van der Waals surface area (Å²) in [7, 11) is 0. The standard InChI is InChI=1S/C9H16Cl2/c1-2-3-4-5-6-8-7-9(8,10)11/h8H,2-7H2,1H3. The van der Waals surface area contributed by atoms with Crippen molar-refractivity contribution < 1.29 is 0 Å². The van der Waals surface area contributed by atoms with Crippen LogP contribution in [-0.2, 0) is 0 Å². The normalized spacial score (nSPS) is 27.0. The third-order valence-corrected chi connectivity index (χ3v) is 3.29. The van der Waals surface area contributed by atoms with Crippen molar-refractivity contribution in [3.63, 3.8) is 0 Å². The molecule has 0 aromatic carbocycles. The maximum Gasteiger partial charge on any atom is 0.121 e. The third kappa shape index (κ3) is 3.21. The van der Waals surface area contributed by atoms with Crippen LogP contribution in [0.4, 0.5) is 0 Å². The van der Waals surface area contributed by atoms with E-state index < -0.39 is 0 Å². The minimum atomic E-state index is -0.341. The first-order valence-electron chi connectivity index (χ1n) is 4.54. The first-order valence-corrected chi connectivity index (χ1v) is 5.30. The van der Waals surface area contributed by atoms with Crippen molar-refractivity contribution in [1.29, 1.82) is 0 Å². The molecule has 0 heterocycles. The quantitative estimate of drug-likeness (QED) is 0.456. The van der Waals surface area contributed by atoms with Gasteiger partial charge in [0, 0.05) is 0 Å². The molecule has 0 bridgehead atoms. The summed E-state index contributed by atoms with van der Waals surface area (Å²) in [5.41, 5.74) is 0. The van der Waals surface area contributed by atoms with E-state index in [1.54, 1.807) is 0 Å². The maximum atomic E-state index is 5.89. The van der Waals surface area contributed by atoms with Crippen molar-refractivity contribution in [2.75, 3.05) is 0 Å². The Bertz CT molecular complexity index is 121. The van der Waals surface area contributed by atoms with E-state index in [1.807, 2.05) is 0 Å². The highest BCUT2D eigenvalue weighted by Crippen LogP contribution is 2.55. The van der Waals surface area contributed by atoms with Crippen LogP contribution in [-0.4, -0.2) is 4.33 Å². The summed E-state index contributed by atoms with van der Waals surface area (Å²) in [6.07, 6.45) is 7.55. The Kier molecular flexibility index (Phi) is 3.52. The minimum absolute atomic E-state index is 0.341. The fraction of sp³-hybridized carbons (Fsp3) is 1.00. The largest absolute Gasteiger partial charge is 0.121 e. The Hall–Kier alpha value is 0.580. The second kappa shape index (κ2) is 4.00. The summed E-state index contributed by atoms with van der Waals surface area (Å²) in [5.74, 6) is 0.600. The molecule has 66 valence electrons. The van der Waals surface area contributed by atoms with Crippen molar-refractivity contribution in [2.24, 2.45) is 5.92 Å². The highest BCUT2D eigenvalue weighted by atomic mass is 35.5. The molecule has 1 aliphatic rings. The maximum absolute atomic E-state index is 5.89. The van der Waals surface area contributed by atoms with Gasteiger partial charge in [-0.2, -0.15) is 0 Å². The van der Waals surface area contributed by atoms with E-state index in [0.717, 1.165) is 6.42 Å². The van der Waals surface area contributed by atoms with Gasteiger partial charge in [-0.1, -0.05) is 32.6 Å². The summed E-state index contributed by atoms with van der Waals surface area (Å²) in [6.45, 7) is 2.23. The topological polar surface area (TPSA) is 0 Å². The number of halogens is 2. The highest BCUT2D eigenvalue weighted by molar-refractivity contribution is 6.50. The summed E-state index contributed by atoms with van der Waals surface area (Å²) in [5, 5.41) is 0. The highest BCUT2D eigenvalue weighted by Gasteiger charge is 2.50. The SMILES string of the molecule is CCCCCCC1CC1(Cl)Cl. The van der Waals surface area contributed by atoms with Gasteiger partial charge in [0.05, 0.1) is 0 Å². The molecular formula is C9H16Cl2. The Morgan fingerprint density at radius 3 is 2.36 bits per heavy atom. The van der Waals surface area contributed by atoms with E-state index in [0.29, 0.717) is 5.92 Å². The van der Waals surface area contributed by atoms with E-state index in [1.165, 1.54) is 32.1 Å². The lowest BCUT2D eigenvalue weighted by Crippen LogP contribution is -1.89. The average molecular weight is 195 g/mol. The molecule has 1 aliphatic carbocycles. The van der Waals surface area contributed by atoms with Crippen molar-refractivity contribution in [3.8, 4) is 0 Å². The van der Waals surface area contributed by atoms with E-state index in [2.05, 4.69) is 6.92 Å². The Balaban J connectivity index is 1.90. The molecule has 0 nitrogen and oxygen atoms in total. The Labute approximate surface area is 79.3 Å². The summed E-state index contributed by atoms with van der Waals surface area (Å²) >= 11 is 11.8. The van der Waals surface area contributed by atoms with Crippen molar-refractivity contribution >= 4 is 23.2 Å². The van der Waals surface area contributed by atoms with Gasteiger partial charge in [0.2, 0.25) is 0 Å². The zero-order chi connectivity index (χ0) is 8.32. The van der Waals surface area contributed by atoms with E-state index in [-0.39, 0.29) is 4.33 Å². The Morgan fingerprint density at radius 2 is 1.91 bits per heavy atom. The molecule has 1 rings (SSSR count). The summed E-state index contributed by atoms with van der Waals surface area (Å²) < 4.78 is -0.341. The second-order valence-corrected chi connectivity index (χ2v) is 5.05. The molecular weight excluding hydrogens is 179 g/mol. The zero-order valence-electron chi connectivity index (χ0n) is 7.08. The smallest absolute Gasteiger partial charge is 0.101 e. The molecule has 0 aromatic rings. The second-order valence-electron chi connectivity index (χ2n) is 3.51. The van der Waals surface area contributed by atoms with Crippen LogP contribution < -0.4 is 0 Å². The fourth-order valence-electron chi connectivity index (χ4n) is 1.40. The lowest BCUT2D eigenvalue weighted by atomic mass is 10.1. The third-order valence-electron chi connectivity index (χ3n) is 2.36.